The second-order valence-corrected chi connectivity index (χ2v) is 5.92. The van der Waals surface area contributed by atoms with Gasteiger partial charge in [0.05, 0.1) is 6.61 Å². The van der Waals surface area contributed by atoms with Gasteiger partial charge in [-0.25, -0.2) is 0 Å². The molecule has 2 N–H and O–H groups in total. The van der Waals surface area contributed by atoms with Gasteiger partial charge in [0.1, 0.15) is 0 Å². The van der Waals surface area contributed by atoms with E-state index in [0.717, 1.165) is 32.7 Å². The van der Waals surface area contributed by atoms with Gasteiger partial charge in [-0.1, -0.05) is 25.1 Å². The molecule has 0 amide bonds. The Morgan fingerprint density at radius 1 is 1.19 bits per heavy atom. The van der Waals surface area contributed by atoms with E-state index in [2.05, 4.69) is 46.3 Å². The van der Waals surface area contributed by atoms with Gasteiger partial charge < -0.3 is 15.3 Å². The first-order valence-electron chi connectivity index (χ1n) is 8.14. The maximum absolute atomic E-state index is 9.13. The third-order valence-corrected chi connectivity index (χ3v) is 4.16. The molecular weight excluding hydrogens is 262 g/mol. The minimum Gasteiger partial charge on any atom is -0.395 e. The van der Waals surface area contributed by atoms with Crippen molar-refractivity contribution in [3.8, 4) is 0 Å². The van der Waals surface area contributed by atoms with E-state index in [1.807, 2.05) is 6.92 Å². The van der Waals surface area contributed by atoms with Crippen LogP contribution in [0.5, 0.6) is 0 Å². The number of rotatable bonds is 7. The molecule has 118 valence electrons. The molecule has 4 nitrogen and oxygen atoms in total. The van der Waals surface area contributed by atoms with Gasteiger partial charge >= 0.3 is 0 Å². The Morgan fingerprint density at radius 3 is 2.57 bits per heavy atom. The lowest BCUT2D eigenvalue weighted by Gasteiger charge is -2.37. The first-order chi connectivity index (χ1) is 10.2. The summed E-state index contributed by atoms with van der Waals surface area (Å²) >= 11 is 0. The third-order valence-electron chi connectivity index (χ3n) is 4.16. The molecule has 1 atom stereocenters. The monoisotopic (exact) mass is 291 g/mol. The fourth-order valence-corrected chi connectivity index (χ4v) is 2.85. The van der Waals surface area contributed by atoms with Crippen LogP contribution >= 0.6 is 0 Å². The number of aliphatic hydroxyl groups excluding tert-OH is 1. The summed E-state index contributed by atoms with van der Waals surface area (Å²) in [5.41, 5.74) is 2.66. The summed E-state index contributed by atoms with van der Waals surface area (Å²) in [6, 6.07) is 8.75. The summed E-state index contributed by atoms with van der Waals surface area (Å²) in [4.78, 5) is 5.04. The fraction of sp³-hybridized carbons (Fsp3) is 0.647. The molecule has 0 radical (unpaired) electrons. The van der Waals surface area contributed by atoms with Gasteiger partial charge in [0, 0.05) is 44.5 Å². The molecule has 0 spiro atoms. The Kier molecular flexibility index (Phi) is 6.49. The van der Waals surface area contributed by atoms with Crippen LogP contribution in [-0.4, -0.2) is 55.4 Å². The summed E-state index contributed by atoms with van der Waals surface area (Å²) in [5.74, 6) is 0. The van der Waals surface area contributed by atoms with E-state index in [9.17, 15) is 0 Å². The maximum Gasteiger partial charge on any atom is 0.0582 e. The third kappa shape index (κ3) is 4.70. The van der Waals surface area contributed by atoms with Crippen LogP contribution in [0.3, 0.4) is 0 Å². The normalized spacial score (nSPS) is 18.0. The standard InChI is InChI=1S/C17H29N3O/c1-3-8-19-9-11-20(12-10-19)17-7-5-4-6-16(17)13-18-15(2)14-21/h4-7,15,18,21H,3,8-14H2,1-2H3. The van der Waals surface area contributed by atoms with Gasteiger partial charge in [0.25, 0.3) is 0 Å². The molecule has 1 aromatic rings. The van der Waals surface area contributed by atoms with Gasteiger partial charge in [-0.2, -0.15) is 0 Å². The number of hydrogen-bond donors (Lipinski definition) is 2. The SMILES string of the molecule is CCCN1CCN(c2ccccc2CNC(C)CO)CC1. The molecule has 1 fully saturated rings. The molecule has 0 aromatic heterocycles. The molecule has 1 aliphatic rings. The largest absolute Gasteiger partial charge is 0.395 e. The lowest BCUT2D eigenvalue weighted by Crippen LogP contribution is -2.47. The first-order valence-corrected chi connectivity index (χ1v) is 8.14. The highest BCUT2D eigenvalue weighted by Crippen LogP contribution is 2.22. The van der Waals surface area contributed by atoms with Crippen LogP contribution in [-0.2, 0) is 6.54 Å². The minimum atomic E-state index is 0.138. The van der Waals surface area contributed by atoms with Crippen LogP contribution in [0, 0.1) is 0 Å². The quantitative estimate of drug-likeness (QED) is 0.802. The van der Waals surface area contributed by atoms with Crippen LogP contribution in [0.4, 0.5) is 5.69 Å². The lowest BCUT2D eigenvalue weighted by atomic mass is 10.1. The summed E-state index contributed by atoms with van der Waals surface area (Å²) < 4.78 is 0. The van der Waals surface area contributed by atoms with E-state index < -0.39 is 0 Å². The van der Waals surface area contributed by atoms with E-state index >= 15 is 0 Å². The van der Waals surface area contributed by atoms with Crippen molar-refractivity contribution in [2.45, 2.75) is 32.9 Å². The number of benzene rings is 1. The van der Waals surface area contributed by atoms with E-state index in [4.69, 9.17) is 5.11 Å². The Hall–Kier alpha value is -1.10. The predicted octanol–water partition coefficient (Wildman–Crippen LogP) is 1.69. The second-order valence-electron chi connectivity index (χ2n) is 5.92. The highest BCUT2D eigenvalue weighted by Gasteiger charge is 2.18. The van der Waals surface area contributed by atoms with Crippen molar-refractivity contribution < 1.29 is 5.11 Å². The minimum absolute atomic E-state index is 0.138. The molecule has 2 rings (SSSR count). The van der Waals surface area contributed by atoms with Crippen molar-refractivity contribution in [3.63, 3.8) is 0 Å². The van der Waals surface area contributed by atoms with Crippen molar-refractivity contribution in [2.75, 3.05) is 44.2 Å². The van der Waals surface area contributed by atoms with Crippen molar-refractivity contribution in [1.29, 1.82) is 0 Å². The smallest absolute Gasteiger partial charge is 0.0582 e. The Morgan fingerprint density at radius 2 is 1.90 bits per heavy atom. The zero-order valence-corrected chi connectivity index (χ0v) is 13.4. The van der Waals surface area contributed by atoms with Gasteiger partial charge in [-0.3, -0.25) is 4.90 Å². The van der Waals surface area contributed by atoms with Crippen molar-refractivity contribution in [3.05, 3.63) is 29.8 Å². The molecular formula is C17H29N3O. The summed E-state index contributed by atoms with van der Waals surface area (Å²) in [6.07, 6.45) is 1.24. The highest BCUT2D eigenvalue weighted by molar-refractivity contribution is 5.54. The molecule has 1 aliphatic heterocycles. The number of hydrogen-bond acceptors (Lipinski definition) is 4. The predicted molar refractivity (Wildman–Crippen MR) is 88.8 cm³/mol. The number of nitrogens with one attached hydrogen (secondary N) is 1. The summed E-state index contributed by atoms with van der Waals surface area (Å²) in [6.45, 7) is 11.0. The van der Waals surface area contributed by atoms with Gasteiger partial charge in [-0.05, 0) is 31.5 Å². The van der Waals surface area contributed by atoms with E-state index in [1.165, 1.54) is 24.2 Å². The lowest BCUT2D eigenvalue weighted by molar-refractivity contribution is 0.250. The molecule has 1 aromatic carbocycles. The van der Waals surface area contributed by atoms with E-state index in [1.54, 1.807) is 0 Å². The zero-order valence-electron chi connectivity index (χ0n) is 13.4. The molecule has 4 heteroatoms. The zero-order chi connectivity index (χ0) is 15.1. The average molecular weight is 291 g/mol. The van der Waals surface area contributed by atoms with Gasteiger partial charge in [0.15, 0.2) is 0 Å². The Balaban J connectivity index is 1.96. The van der Waals surface area contributed by atoms with Crippen LogP contribution < -0.4 is 10.2 Å². The summed E-state index contributed by atoms with van der Waals surface area (Å²) in [7, 11) is 0. The van der Waals surface area contributed by atoms with E-state index in [-0.39, 0.29) is 12.6 Å². The van der Waals surface area contributed by atoms with Gasteiger partial charge in [-0.15, -0.1) is 0 Å². The molecule has 21 heavy (non-hydrogen) atoms. The van der Waals surface area contributed by atoms with Crippen LogP contribution in [0.1, 0.15) is 25.8 Å². The van der Waals surface area contributed by atoms with Crippen molar-refractivity contribution in [2.24, 2.45) is 0 Å². The summed E-state index contributed by atoms with van der Waals surface area (Å²) in [5, 5.41) is 12.5. The topological polar surface area (TPSA) is 38.7 Å². The molecule has 1 unspecified atom stereocenters. The molecule has 0 saturated carbocycles. The number of aliphatic hydroxyl groups is 1. The first kappa shape index (κ1) is 16.3. The highest BCUT2D eigenvalue weighted by atomic mass is 16.3. The maximum atomic E-state index is 9.13. The Labute approximate surface area is 128 Å². The van der Waals surface area contributed by atoms with Crippen LogP contribution in [0.2, 0.25) is 0 Å². The Bertz CT molecular complexity index is 416. The molecule has 1 saturated heterocycles. The van der Waals surface area contributed by atoms with Crippen LogP contribution in [0.15, 0.2) is 24.3 Å². The van der Waals surface area contributed by atoms with Crippen molar-refractivity contribution in [1.82, 2.24) is 10.2 Å². The second kappa shape index (κ2) is 8.37. The number of nitrogens with zero attached hydrogens (tertiary/aromatic N) is 2. The molecule has 0 bridgehead atoms. The number of piperazine rings is 1. The number of para-hydroxylation sites is 1. The molecule has 1 heterocycles. The van der Waals surface area contributed by atoms with Gasteiger partial charge in [0.2, 0.25) is 0 Å². The average Bonchev–Trinajstić information content (AvgIpc) is 2.54. The van der Waals surface area contributed by atoms with Crippen molar-refractivity contribution >= 4 is 5.69 Å². The van der Waals surface area contributed by atoms with Crippen LogP contribution in [0.25, 0.3) is 0 Å². The molecule has 0 aliphatic carbocycles. The number of anilines is 1. The van der Waals surface area contributed by atoms with E-state index in [0.29, 0.717) is 0 Å². The fourth-order valence-electron chi connectivity index (χ4n) is 2.85.